The fourth-order valence-electron chi connectivity index (χ4n) is 2.21. The van der Waals surface area contributed by atoms with E-state index in [-0.39, 0.29) is 17.8 Å². The third-order valence-corrected chi connectivity index (χ3v) is 4.14. The summed E-state index contributed by atoms with van der Waals surface area (Å²) in [4.78, 5) is 36.1. The molecule has 0 bridgehead atoms. The first kappa shape index (κ1) is 22.4. The lowest BCUT2D eigenvalue weighted by molar-refractivity contribution is -0.143. The summed E-state index contributed by atoms with van der Waals surface area (Å²) in [5, 5.41) is 14.5. The van der Waals surface area contributed by atoms with Gasteiger partial charge < -0.3 is 21.5 Å². The number of amides is 2. The van der Waals surface area contributed by atoms with Gasteiger partial charge in [-0.2, -0.15) is 0 Å². The molecule has 0 aromatic rings. The molecule has 5 N–H and O–H groups in total. The Labute approximate surface area is 144 Å². The van der Waals surface area contributed by atoms with E-state index in [4.69, 9.17) is 5.73 Å². The molecule has 0 fully saturated rings. The van der Waals surface area contributed by atoms with Crippen molar-refractivity contribution >= 4 is 17.8 Å². The summed E-state index contributed by atoms with van der Waals surface area (Å²) in [5.41, 5.74) is 5.83. The summed E-state index contributed by atoms with van der Waals surface area (Å²) >= 11 is 0. The first-order valence-electron chi connectivity index (χ1n) is 8.60. The Morgan fingerprint density at radius 1 is 1.00 bits per heavy atom. The zero-order chi connectivity index (χ0) is 19.0. The van der Waals surface area contributed by atoms with E-state index >= 15 is 0 Å². The van der Waals surface area contributed by atoms with E-state index in [0.29, 0.717) is 12.8 Å². The summed E-state index contributed by atoms with van der Waals surface area (Å²) in [6.07, 6.45) is 0.991. The molecule has 0 rings (SSSR count). The van der Waals surface area contributed by atoms with Gasteiger partial charge in [-0.25, -0.2) is 4.79 Å². The van der Waals surface area contributed by atoms with Crippen molar-refractivity contribution in [3.63, 3.8) is 0 Å². The van der Waals surface area contributed by atoms with Crippen LogP contribution in [0.1, 0.15) is 54.4 Å². The number of nitrogens with one attached hydrogen (secondary N) is 2. The number of rotatable bonds is 10. The van der Waals surface area contributed by atoms with Crippen LogP contribution in [0, 0.1) is 17.8 Å². The fourth-order valence-corrected chi connectivity index (χ4v) is 2.21. The predicted molar refractivity (Wildman–Crippen MR) is 93.2 cm³/mol. The van der Waals surface area contributed by atoms with Crippen molar-refractivity contribution in [3.05, 3.63) is 0 Å². The van der Waals surface area contributed by atoms with Crippen LogP contribution in [0.15, 0.2) is 0 Å². The van der Waals surface area contributed by atoms with Crippen molar-refractivity contribution in [2.75, 3.05) is 0 Å². The molecular formula is C17H33N3O4. The normalized spacial score (nSPS) is 16.4. The van der Waals surface area contributed by atoms with E-state index in [1.807, 2.05) is 41.5 Å². The van der Waals surface area contributed by atoms with Crippen molar-refractivity contribution in [2.24, 2.45) is 23.5 Å². The molecule has 0 heterocycles. The molecule has 4 atom stereocenters. The Kier molecular flexibility index (Phi) is 9.58. The summed E-state index contributed by atoms with van der Waals surface area (Å²) in [6, 6.07) is -2.49. The summed E-state index contributed by atoms with van der Waals surface area (Å²) < 4.78 is 0. The Morgan fingerprint density at radius 3 is 1.92 bits per heavy atom. The molecular weight excluding hydrogens is 310 g/mol. The van der Waals surface area contributed by atoms with Crippen molar-refractivity contribution in [2.45, 2.75) is 72.5 Å². The van der Waals surface area contributed by atoms with Crippen molar-refractivity contribution in [1.82, 2.24) is 10.6 Å². The zero-order valence-electron chi connectivity index (χ0n) is 15.6. The highest BCUT2D eigenvalue weighted by Crippen LogP contribution is 2.11. The van der Waals surface area contributed by atoms with E-state index < -0.39 is 35.9 Å². The molecule has 0 saturated carbocycles. The van der Waals surface area contributed by atoms with Crippen LogP contribution in [0.3, 0.4) is 0 Å². The minimum Gasteiger partial charge on any atom is -0.480 e. The maximum Gasteiger partial charge on any atom is 0.326 e. The van der Waals surface area contributed by atoms with Crippen molar-refractivity contribution < 1.29 is 19.5 Å². The quantitative estimate of drug-likeness (QED) is 0.473. The molecule has 0 aliphatic heterocycles. The molecule has 0 aromatic carbocycles. The minimum atomic E-state index is -1.08. The average Bonchev–Trinajstić information content (AvgIpc) is 2.49. The molecule has 0 aliphatic carbocycles. The Bertz CT molecular complexity index is 438. The number of carbonyl (C=O) groups excluding carboxylic acids is 2. The SMILES string of the molecule is CC[C@H](C)[C@H](NC(=O)[C@@H](N)C(C)C)C(=O)N[C@@H](CC(C)C)C(=O)O. The van der Waals surface area contributed by atoms with E-state index in [1.54, 1.807) is 0 Å². The molecule has 0 saturated heterocycles. The largest absolute Gasteiger partial charge is 0.480 e. The number of carboxylic acids is 1. The molecule has 24 heavy (non-hydrogen) atoms. The molecule has 0 radical (unpaired) electrons. The van der Waals surface area contributed by atoms with Crippen LogP contribution >= 0.6 is 0 Å². The first-order valence-corrected chi connectivity index (χ1v) is 8.60. The predicted octanol–water partition coefficient (Wildman–Crippen LogP) is 1.12. The molecule has 140 valence electrons. The molecule has 0 aromatic heterocycles. The number of carboxylic acid groups (broad SMARTS) is 1. The third-order valence-electron chi connectivity index (χ3n) is 4.14. The van der Waals surface area contributed by atoms with E-state index in [2.05, 4.69) is 10.6 Å². The number of aliphatic carboxylic acids is 1. The van der Waals surface area contributed by atoms with Crippen LogP contribution < -0.4 is 16.4 Å². The average molecular weight is 343 g/mol. The highest BCUT2D eigenvalue weighted by atomic mass is 16.4. The molecule has 0 aliphatic rings. The fraction of sp³-hybridized carbons (Fsp3) is 0.824. The van der Waals surface area contributed by atoms with Crippen LogP contribution in [0.25, 0.3) is 0 Å². The summed E-state index contributed by atoms with van der Waals surface area (Å²) in [7, 11) is 0. The van der Waals surface area contributed by atoms with Crippen LogP contribution in [0.5, 0.6) is 0 Å². The number of hydrogen-bond acceptors (Lipinski definition) is 4. The smallest absolute Gasteiger partial charge is 0.326 e. The van der Waals surface area contributed by atoms with Gasteiger partial charge in [0.15, 0.2) is 0 Å². The molecule has 0 spiro atoms. The van der Waals surface area contributed by atoms with Gasteiger partial charge >= 0.3 is 5.97 Å². The Morgan fingerprint density at radius 2 is 1.54 bits per heavy atom. The van der Waals surface area contributed by atoms with Crippen LogP contribution in [0.4, 0.5) is 0 Å². The second kappa shape index (κ2) is 10.3. The van der Waals surface area contributed by atoms with E-state index in [1.165, 1.54) is 0 Å². The van der Waals surface area contributed by atoms with Crippen molar-refractivity contribution in [1.29, 1.82) is 0 Å². The highest BCUT2D eigenvalue weighted by molar-refractivity contribution is 5.92. The molecule has 2 amide bonds. The maximum absolute atomic E-state index is 12.5. The monoisotopic (exact) mass is 343 g/mol. The number of hydrogen-bond donors (Lipinski definition) is 4. The van der Waals surface area contributed by atoms with E-state index in [9.17, 15) is 19.5 Å². The van der Waals surface area contributed by atoms with Gasteiger partial charge in [0.1, 0.15) is 12.1 Å². The molecule has 7 heteroatoms. The summed E-state index contributed by atoms with van der Waals surface area (Å²) in [6.45, 7) is 11.2. The third kappa shape index (κ3) is 7.29. The zero-order valence-corrected chi connectivity index (χ0v) is 15.6. The van der Waals surface area contributed by atoms with Gasteiger partial charge in [0, 0.05) is 0 Å². The summed E-state index contributed by atoms with van der Waals surface area (Å²) in [5.74, 6) is -2.04. The first-order chi connectivity index (χ1) is 11.0. The Balaban J connectivity index is 5.13. The van der Waals surface area contributed by atoms with Gasteiger partial charge in [-0.05, 0) is 24.2 Å². The van der Waals surface area contributed by atoms with Gasteiger partial charge in [0.05, 0.1) is 6.04 Å². The van der Waals surface area contributed by atoms with Crippen LogP contribution in [-0.4, -0.2) is 41.0 Å². The highest BCUT2D eigenvalue weighted by Gasteiger charge is 2.31. The van der Waals surface area contributed by atoms with Gasteiger partial charge in [0.2, 0.25) is 11.8 Å². The molecule has 7 nitrogen and oxygen atoms in total. The number of nitrogens with two attached hydrogens (primary N) is 1. The lowest BCUT2D eigenvalue weighted by Gasteiger charge is -2.27. The van der Waals surface area contributed by atoms with E-state index in [0.717, 1.165) is 0 Å². The van der Waals surface area contributed by atoms with Gasteiger partial charge in [-0.3, -0.25) is 9.59 Å². The Hall–Kier alpha value is -1.63. The van der Waals surface area contributed by atoms with Gasteiger partial charge in [-0.15, -0.1) is 0 Å². The lowest BCUT2D eigenvalue weighted by atomic mass is 9.96. The second-order valence-corrected chi connectivity index (χ2v) is 7.17. The standard InChI is InChI=1S/C17H33N3O4/c1-7-11(6)14(20-15(21)13(18)10(4)5)16(22)19-12(17(23)24)8-9(2)3/h9-14H,7-8,18H2,1-6H3,(H,19,22)(H,20,21)(H,23,24)/t11-,12-,13-,14-/m0/s1. The van der Waals surface area contributed by atoms with Crippen LogP contribution in [0.2, 0.25) is 0 Å². The maximum atomic E-state index is 12.5. The minimum absolute atomic E-state index is 0.0571. The second-order valence-electron chi connectivity index (χ2n) is 7.17. The van der Waals surface area contributed by atoms with Crippen LogP contribution in [-0.2, 0) is 14.4 Å². The van der Waals surface area contributed by atoms with Gasteiger partial charge in [-0.1, -0.05) is 48.0 Å². The lowest BCUT2D eigenvalue weighted by Crippen LogP contribution is -2.57. The van der Waals surface area contributed by atoms with Crippen molar-refractivity contribution in [3.8, 4) is 0 Å². The molecule has 0 unspecified atom stereocenters. The topological polar surface area (TPSA) is 122 Å². The van der Waals surface area contributed by atoms with Gasteiger partial charge in [0.25, 0.3) is 0 Å². The number of carbonyl (C=O) groups is 3.